The van der Waals surface area contributed by atoms with Crippen molar-refractivity contribution >= 4 is 27.5 Å². The van der Waals surface area contributed by atoms with E-state index in [1.54, 1.807) is 0 Å². The van der Waals surface area contributed by atoms with Gasteiger partial charge in [-0.1, -0.05) is 17.5 Å². The molecule has 0 aromatic heterocycles. The summed E-state index contributed by atoms with van der Waals surface area (Å²) in [5.41, 5.74) is 0. The lowest BCUT2D eigenvalue weighted by molar-refractivity contribution is 0.313. The van der Waals surface area contributed by atoms with Crippen LogP contribution in [0.5, 0.6) is 5.75 Å². The fourth-order valence-electron chi connectivity index (χ4n) is 1.01. The average Bonchev–Trinajstić information content (AvgIpc) is 2.25. The Morgan fingerprint density at radius 3 is 3.00 bits per heavy atom. The van der Waals surface area contributed by atoms with Crippen LogP contribution in [0.3, 0.4) is 0 Å². The molecule has 1 N–H and O–H groups in total. The molecule has 1 rings (SSSR count). The second-order valence-electron chi connectivity index (χ2n) is 2.93. The number of halogens is 3. The van der Waals surface area contributed by atoms with Gasteiger partial charge in [0.05, 0.1) is 16.0 Å². The van der Waals surface area contributed by atoms with Gasteiger partial charge < -0.3 is 10.1 Å². The van der Waals surface area contributed by atoms with Crippen molar-refractivity contribution in [3.63, 3.8) is 0 Å². The highest BCUT2D eigenvalue weighted by Gasteiger charge is 2.07. The summed E-state index contributed by atoms with van der Waals surface area (Å²) in [7, 11) is 0. The maximum Gasteiger partial charge on any atom is 0.145 e. The zero-order valence-electron chi connectivity index (χ0n) is 8.40. The van der Waals surface area contributed by atoms with E-state index in [0.29, 0.717) is 29.9 Å². The highest BCUT2D eigenvalue weighted by atomic mass is 79.9. The molecule has 0 aliphatic carbocycles. The highest BCUT2D eigenvalue weighted by Crippen LogP contribution is 2.30. The minimum Gasteiger partial charge on any atom is -0.491 e. The summed E-state index contributed by atoms with van der Waals surface area (Å²) in [6, 6.07) is 2.70. The van der Waals surface area contributed by atoms with Gasteiger partial charge in [-0.15, -0.1) is 6.42 Å². The molecule has 0 aliphatic rings. The fourth-order valence-corrected chi connectivity index (χ4v) is 1.76. The normalized spacial score (nSPS) is 9.88. The molecule has 0 radical (unpaired) electrons. The Bertz CT molecular complexity index is 406. The first-order chi connectivity index (χ1) is 7.65. The molecule has 2 nitrogen and oxygen atoms in total. The number of terminal acetylenes is 1. The van der Waals surface area contributed by atoms with E-state index in [4.69, 9.17) is 22.8 Å². The number of hydrogen-bond donors (Lipinski definition) is 1. The third-order valence-electron chi connectivity index (χ3n) is 1.74. The predicted octanol–water partition coefficient (Wildman–Crippen LogP) is 2.84. The van der Waals surface area contributed by atoms with Crippen molar-refractivity contribution < 1.29 is 9.13 Å². The van der Waals surface area contributed by atoms with Crippen molar-refractivity contribution in [1.29, 1.82) is 0 Å². The van der Waals surface area contributed by atoms with E-state index in [2.05, 4.69) is 27.2 Å². The first kappa shape index (κ1) is 13.3. The van der Waals surface area contributed by atoms with Gasteiger partial charge in [-0.3, -0.25) is 0 Å². The fraction of sp³-hybridized carbons (Fsp3) is 0.273. The number of ether oxygens (including phenoxy) is 1. The minimum atomic E-state index is -0.503. The molecule has 0 saturated carbocycles. The second-order valence-corrected chi connectivity index (χ2v) is 4.19. The zero-order chi connectivity index (χ0) is 12.0. The van der Waals surface area contributed by atoms with E-state index in [0.717, 1.165) is 0 Å². The molecule has 0 bridgehead atoms. The Balaban J connectivity index is 2.48. The van der Waals surface area contributed by atoms with Crippen LogP contribution in [0.15, 0.2) is 16.6 Å². The maximum atomic E-state index is 13.1. The summed E-state index contributed by atoms with van der Waals surface area (Å²) in [6.07, 6.45) is 5.06. The standard InChI is InChI=1S/C11H10BrClFNO/c1-2-3-15-4-5-16-11-7-10(14)9(13)6-8(11)12/h1,6-7,15H,3-5H2. The molecule has 1 aromatic rings. The molecule has 0 fully saturated rings. The number of hydrogen-bond acceptors (Lipinski definition) is 2. The quantitative estimate of drug-likeness (QED) is 0.513. The van der Waals surface area contributed by atoms with E-state index < -0.39 is 5.82 Å². The molecule has 0 spiro atoms. The largest absolute Gasteiger partial charge is 0.491 e. The Kier molecular flexibility index (Phi) is 5.61. The van der Waals surface area contributed by atoms with Gasteiger partial charge in [0.1, 0.15) is 18.2 Å². The van der Waals surface area contributed by atoms with E-state index in [1.807, 2.05) is 0 Å². The zero-order valence-corrected chi connectivity index (χ0v) is 10.7. The summed E-state index contributed by atoms with van der Waals surface area (Å²) in [5, 5.41) is 3.01. The maximum absolute atomic E-state index is 13.1. The molecule has 0 heterocycles. The molecule has 0 saturated heterocycles. The van der Waals surface area contributed by atoms with Crippen LogP contribution in [-0.4, -0.2) is 19.7 Å². The van der Waals surface area contributed by atoms with Gasteiger partial charge in [-0.25, -0.2) is 4.39 Å². The molecule has 0 unspecified atom stereocenters. The summed E-state index contributed by atoms with van der Waals surface area (Å²) in [5.74, 6) is 2.36. The van der Waals surface area contributed by atoms with Gasteiger partial charge in [-0.05, 0) is 22.0 Å². The van der Waals surface area contributed by atoms with Crippen LogP contribution in [0.25, 0.3) is 0 Å². The number of benzene rings is 1. The lowest BCUT2D eigenvalue weighted by Crippen LogP contribution is -2.21. The molecule has 1 aromatic carbocycles. The molecular formula is C11H10BrClFNO. The molecular weight excluding hydrogens is 296 g/mol. The third kappa shape index (κ3) is 4.01. The summed E-state index contributed by atoms with van der Waals surface area (Å²) in [6.45, 7) is 1.49. The van der Waals surface area contributed by atoms with Crippen molar-refractivity contribution in [2.75, 3.05) is 19.7 Å². The van der Waals surface area contributed by atoms with Crippen molar-refractivity contribution in [1.82, 2.24) is 5.32 Å². The van der Waals surface area contributed by atoms with Crippen LogP contribution in [0.4, 0.5) is 4.39 Å². The monoisotopic (exact) mass is 305 g/mol. The first-order valence-electron chi connectivity index (χ1n) is 4.56. The average molecular weight is 307 g/mol. The number of nitrogens with one attached hydrogen (secondary N) is 1. The van der Waals surface area contributed by atoms with Crippen LogP contribution < -0.4 is 10.1 Å². The number of rotatable bonds is 5. The van der Waals surface area contributed by atoms with E-state index in [-0.39, 0.29) is 5.02 Å². The third-order valence-corrected chi connectivity index (χ3v) is 2.65. The van der Waals surface area contributed by atoms with Gasteiger partial charge in [0, 0.05) is 12.6 Å². The van der Waals surface area contributed by atoms with Gasteiger partial charge >= 0.3 is 0 Å². The van der Waals surface area contributed by atoms with Crippen LogP contribution in [-0.2, 0) is 0 Å². The van der Waals surface area contributed by atoms with Crippen LogP contribution >= 0.6 is 27.5 Å². The van der Waals surface area contributed by atoms with Gasteiger partial charge in [-0.2, -0.15) is 0 Å². The molecule has 5 heteroatoms. The lowest BCUT2D eigenvalue weighted by Gasteiger charge is -2.08. The Labute approximate surface area is 107 Å². The molecule has 0 aliphatic heterocycles. The van der Waals surface area contributed by atoms with Crippen molar-refractivity contribution in [3.8, 4) is 18.1 Å². The molecule has 0 amide bonds. The Morgan fingerprint density at radius 1 is 1.56 bits per heavy atom. The Hall–Kier alpha value is -0.760. The van der Waals surface area contributed by atoms with Gasteiger partial charge in [0.15, 0.2) is 0 Å². The summed E-state index contributed by atoms with van der Waals surface area (Å²) >= 11 is 8.83. The van der Waals surface area contributed by atoms with Gasteiger partial charge in [0.2, 0.25) is 0 Å². The molecule has 16 heavy (non-hydrogen) atoms. The predicted molar refractivity (Wildman–Crippen MR) is 66.3 cm³/mol. The molecule has 86 valence electrons. The van der Waals surface area contributed by atoms with E-state index in [9.17, 15) is 4.39 Å². The van der Waals surface area contributed by atoms with Crippen molar-refractivity contribution in [2.45, 2.75) is 0 Å². The molecule has 0 atom stereocenters. The minimum absolute atomic E-state index is 0.0599. The van der Waals surface area contributed by atoms with E-state index in [1.165, 1.54) is 12.1 Å². The Morgan fingerprint density at radius 2 is 2.31 bits per heavy atom. The first-order valence-corrected chi connectivity index (χ1v) is 5.73. The van der Waals surface area contributed by atoms with Crippen LogP contribution in [0, 0.1) is 18.2 Å². The SMILES string of the molecule is C#CCNCCOc1cc(F)c(Cl)cc1Br. The van der Waals surface area contributed by atoms with Crippen molar-refractivity contribution in [3.05, 3.63) is 27.4 Å². The van der Waals surface area contributed by atoms with Crippen LogP contribution in [0.1, 0.15) is 0 Å². The van der Waals surface area contributed by atoms with E-state index >= 15 is 0 Å². The van der Waals surface area contributed by atoms with Gasteiger partial charge in [0.25, 0.3) is 0 Å². The summed E-state index contributed by atoms with van der Waals surface area (Å²) in [4.78, 5) is 0. The van der Waals surface area contributed by atoms with Crippen molar-refractivity contribution in [2.24, 2.45) is 0 Å². The van der Waals surface area contributed by atoms with Crippen LogP contribution in [0.2, 0.25) is 5.02 Å². The smallest absolute Gasteiger partial charge is 0.145 e. The highest BCUT2D eigenvalue weighted by molar-refractivity contribution is 9.10. The second kappa shape index (κ2) is 6.74. The summed E-state index contributed by atoms with van der Waals surface area (Å²) < 4.78 is 19.1. The lowest BCUT2D eigenvalue weighted by atomic mass is 10.3. The topological polar surface area (TPSA) is 21.3 Å².